The maximum absolute atomic E-state index is 10.2. The van der Waals surface area contributed by atoms with Crippen LogP contribution in [0.1, 0.15) is 98.8 Å². The Bertz CT molecular complexity index is 639. The molecule has 0 aliphatic heterocycles. The molecular formula is C28H48O2. The normalized spacial score (nSPS) is 45.3. The molecule has 0 radical (unpaired) electrons. The van der Waals surface area contributed by atoms with Crippen molar-refractivity contribution in [2.45, 2.75) is 105 Å². The molecule has 2 N–H and O–H groups in total. The minimum absolute atomic E-state index is 0.0972. The van der Waals surface area contributed by atoms with Gasteiger partial charge in [0, 0.05) is 6.61 Å². The fourth-order valence-corrected chi connectivity index (χ4v) is 8.93. The predicted molar refractivity (Wildman–Crippen MR) is 125 cm³/mol. The minimum Gasteiger partial charge on any atom is -0.396 e. The average Bonchev–Trinajstić information content (AvgIpc) is 3.06. The van der Waals surface area contributed by atoms with Crippen molar-refractivity contribution >= 4 is 0 Å². The highest BCUT2D eigenvalue weighted by Crippen LogP contribution is 2.67. The number of hydrogen-bond donors (Lipinski definition) is 2. The third kappa shape index (κ3) is 3.72. The standard InChI is InChI=1S/C28H48O2/c1-18(2)20(17-29)7-6-19(3)24-10-11-25-23-9-8-21-16-22(30)12-14-27(21,4)26(23)13-15-28(24,25)5/h8,18-20,22-26,29-30H,6-7,9-17H2,1-5H3/t19-,20+,22+,23+,24-,25+,26+,27+,28-/m1/s1. The van der Waals surface area contributed by atoms with Gasteiger partial charge in [-0.1, -0.05) is 52.7 Å². The summed E-state index contributed by atoms with van der Waals surface area (Å²) in [6.45, 7) is 12.6. The van der Waals surface area contributed by atoms with Crippen molar-refractivity contribution in [1.82, 2.24) is 0 Å². The summed E-state index contributed by atoms with van der Waals surface area (Å²) in [6, 6.07) is 0. The highest BCUT2D eigenvalue weighted by molar-refractivity contribution is 5.25. The summed E-state index contributed by atoms with van der Waals surface area (Å²) in [5.74, 6) is 5.30. The molecule has 0 heterocycles. The first kappa shape index (κ1) is 22.8. The molecule has 4 rings (SSSR count). The molecule has 0 amide bonds. The highest BCUT2D eigenvalue weighted by Gasteiger charge is 2.59. The molecule has 0 unspecified atom stereocenters. The van der Waals surface area contributed by atoms with Crippen LogP contribution in [-0.2, 0) is 0 Å². The molecule has 0 spiro atoms. The van der Waals surface area contributed by atoms with Crippen LogP contribution in [0.2, 0.25) is 0 Å². The van der Waals surface area contributed by atoms with Gasteiger partial charge in [0.2, 0.25) is 0 Å². The zero-order chi connectivity index (χ0) is 21.7. The summed E-state index contributed by atoms with van der Waals surface area (Å²) >= 11 is 0. The molecule has 172 valence electrons. The van der Waals surface area contributed by atoms with E-state index < -0.39 is 0 Å². The van der Waals surface area contributed by atoms with Gasteiger partial charge in [0.05, 0.1) is 6.10 Å². The van der Waals surface area contributed by atoms with Gasteiger partial charge in [-0.2, -0.15) is 0 Å². The fourth-order valence-electron chi connectivity index (χ4n) is 8.93. The van der Waals surface area contributed by atoms with E-state index in [0.717, 1.165) is 42.4 Å². The van der Waals surface area contributed by atoms with Gasteiger partial charge in [0.1, 0.15) is 0 Å². The fraction of sp³-hybridized carbons (Fsp3) is 0.929. The number of aliphatic hydroxyl groups excluding tert-OH is 2. The summed E-state index contributed by atoms with van der Waals surface area (Å²) in [7, 11) is 0. The molecule has 2 nitrogen and oxygen atoms in total. The molecule has 4 aliphatic rings. The van der Waals surface area contributed by atoms with E-state index in [9.17, 15) is 10.2 Å². The molecular weight excluding hydrogens is 368 g/mol. The number of rotatable bonds is 6. The Kier molecular flexibility index (Phi) is 6.50. The molecule has 9 atom stereocenters. The summed E-state index contributed by atoms with van der Waals surface area (Å²) < 4.78 is 0. The van der Waals surface area contributed by atoms with E-state index >= 15 is 0 Å². The van der Waals surface area contributed by atoms with E-state index in [2.05, 4.69) is 40.7 Å². The smallest absolute Gasteiger partial charge is 0.0577 e. The molecule has 0 bridgehead atoms. The Hall–Kier alpha value is -0.340. The Morgan fingerprint density at radius 1 is 1.00 bits per heavy atom. The lowest BCUT2D eigenvalue weighted by atomic mass is 9.47. The van der Waals surface area contributed by atoms with Crippen LogP contribution in [0.25, 0.3) is 0 Å². The summed E-state index contributed by atoms with van der Waals surface area (Å²) in [5, 5.41) is 20.0. The quantitative estimate of drug-likeness (QED) is 0.478. The highest BCUT2D eigenvalue weighted by atomic mass is 16.3. The predicted octanol–water partition coefficient (Wildman–Crippen LogP) is 6.61. The average molecular weight is 417 g/mol. The van der Waals surface area contributed by atoms with Crippen LogP contribution in [-0.4, -0.2) is 22.9 Å². The molecule has 0 aromatic heterocycles. The van der Waals surface area contributed by atoms with Crippen molar-refractivity contribution in [3.05, 3.63) is 11.6 Å². The van der Waals surface area contributed by atoms with Crippen molar-refractivity contribution < 1.29 is 10.2 Å². The van der Waals surface area contributed by atoms with E-state index in [1.165, 1.54) is 51.4 Å². The maximum Gasteiger partial charge on any atom is 0.0577 e. The van der Waals surface area contributed by atoms with Crippen molar-refractivity contribution in [2.24, 2.45) is 52.3 Å². The maximum atomic E-state index is 10.2. The van der Waals surface area contributed by atoms with Crippen LogP contribution in [0.4, 0.5) is 0 Å². The first-order valence-corrected chi connectivity index (χ1v) is 13.2. The van der Waals surface area contributed by atoms with Crippen LogP contribution in [0.3, 0.4) is 0 Å². The van der Waals surface area contributed by atoms with Gasteiger partial charge in [0.25, 0.3) is 0 Å². The molecule has 30 heavy (non-hydrogen) atoms. The van der Waals surface area contributed by atoms with Crippen LogP contribution < -0.4 is 0 Å². The number of hydrogen-bond acceptors (Lipinski definition) is 2. The van der Waals surface area contributed by atoms with Crippen LogP contribution in [0.15, 0.2) is 11.6 Å². The van der Waals surface area contributed by atoms with Gasteiger partial charge in [-0.25, -0.2) is 0 Å². The summed E-state index contributed by atoms with van der Waals surface area (Å²) in [4.78, 5) is 0. The number of fused-ring (bicyclic) bond motifs is 5. The number of allylic oxidation sites excluding steroid dienone is 1. The summed E-state index contributed by atoms with van der Waals surface area (Å²) in [5.41, 5.74) is 2.47. The van der Waals surface area contributed by atoms with Gasteiger partial charge in [0.15, 0.2) is 0 Å². The number of aliphatic hydroxyl groups is 2. The molecule has 0 aromatic carbocycles. The molecule has 3 fully saturated rings. The van der Waals surface area contributed by atoms with Gasteiger partial charge < -0.3 is 10.2 Å². The minimum atomic E-state index is -0.0972. The molecule has 0 saturated heterocycles. The van der Waals surface area contributed by atoms with Crippen molar-refractivity contribution in [2.75, 3.05) is 6.61 Å². The second kappa shape index (κ2) is 8.54. The molecule has 3 saturated carbocycles. The van der Waals surface area contributed by atoms with Crippen molar-refractivity contribution in [3.8, 4) is 0 Å². The molecule has 2 heteroatoms. The topological polar surface area (TPSA) is 40.5 Å². The van der Waals surface area contributed by atoms with Crippen molar-refractivity contribution in [3.63, 3.8) is 0 Å². The lowest BCUT2D eigenvalue weighted by Gasteiger charge is -2.58. The summed E-state index contributed by atoms with van der Waals surface area (Å²) in [6.07, 6.45) is 15.0. The first-order valence-electron chi connectivity index (χ1n) is 13.2. The first-order chi connectivity index (χ1) is 14.2. The van der Waals surface area contributed by atoms with E-state index in [0.29, 0.717) is 29.3 Å². The van der Waals surface area contributed by atoms with Crippen LogP contribution in [0, 0.1) is 52.3 Å². The SMILES string of the molecule is CC(C)[C@H](CO)CC[C@@H](C)[C@H]1CC[C@H]2[C@@H]3CC=C4C[C@@H](O)CC[C@]4(C)[C@H]3CC[C@]12C. The van der Waals surface area contributed by atoms with Crippen molar-refractivity contribution in [1.29, 1.82) is 0 Å². The van der Waals surface area contributed by atoms with E-state index in [1.54, 1.807) is 5.57 Å². The van der Waals surface area contributed by atoms with Gasteiger partial charge in [-0.05, 0) is 110 Å². The third-order valence-corrected chi connectivity index (χ3v) is 11.0. The second-order valence-corrected chi connectivity index (χ2v) is 12.6. The second-order valence-electron chi connectivity index (χ2n) is 12.6. The van der Waals surface area contributed by atoms with E-state index in [4.69, 9.17) is 0 Å². The van der Waals surface area contributed by atoms with Gasteiger partial charge >= 0.3 is 0 Å². The van der Waals surface area contributed by atoms with E-state index in [-0.39, 0.29) is 6.10 Å². The van der Waals surface area contributed by atoms with Crippen LogP contribution in [0.5, 0.6) is 0 Å². The molecule has 0 aromatic rings. The van der Waals surface area contributed by atoms with Gasteiger partial charge in [-0.15, -0.1) is 0 Å². The Morgan fingerprint density at radius 3 is 2.47 bits per heavy atom. The lowest BCUT2D eigenvalue weighted by molar-refractivity contribution is -0.0576. The zero-order valence-corrected chi connectivity index (χ0v) is 20.4. The third-order valence-electron chi connectivity index (χ3n) is 11.0. The Balaban J connectivity index is 1.47. The monoisotopic (exact) mass is 416 g/mol. The Labute approximate surface area is 185 Å². The van der Waals surface area contributed by atoms with Crippen LogP contribution >= 0.6 is 0 Å². The van der Waals surface area contributed by atoms with Gasteiger partial charge in [-0.3, -0.25) is 0 Å². The van der Waals surface area contributed by atoms with E-state index in [1.807, 2.05) is 0 Å². The Morgan fingerprint density at radius 2 is 1.77 bits per heavy atom. The largest absolute Gasteiger partial charge is 0.396 e. The molecule has 4 aliphatic carbocycles. The lowest BCUT2D eigenvalue weighted by Crippen LogP contribution is -2.50. The zero-order valence-electron chi connectivity index (χ0n) is 20.4.